The Morgan fingerprint density at radius 1 is 1.31 bits per heavy atom. The maximum absolute atomic E-state index is 5.68. The number of benzene rings is 1. The van der Waals surface area contributed by atoms with E-state index in [-0.39, 0.29) is 0 Å². The average Bonchev–Trinajstić information content (AvgIpc) is 2.22. The van der Waals surface area contributed by atoms with Gasteiger partial charge in [-0.25, -0.2) is 0 Å². The van der Waals surface area contributed by atoms with Gasteiger partial charge in [-0.2, -0.15) is 0 Å². The van der Waals surface area contributed by atoms with E-state index >= 15 is 0 Å². The van der Waals surface area contributed by atoms with E-state index in [0.29, 0.717) is 12.6 Å². The molecule has 0 aliphatic carbocycles. The summed E-state index contributed by atoms with van der Waals surface area (Å²) in [6.45, 7) is 10.6. The highest BCUT2D eigenvalue weighted by atomic mass is 15.1. The lowest BCUT2D eigenvalue weighted by Gasteiger charge is -2.30. The molecule has 0 atom stereocenters. The van der Waals surface area contributed by atoms with E-state index in [1.807, 2.05) is 0 Å². The fourth-order valence-electron chi connectivity index (χ4n) is 2.16. The first-order valence-electron chi connectivity index (χ1n) is 6.16. The van der Waals surface area contributed by atoms with Crippen LogP contribution in [-0.4, -0.2) is 19.1 Å². The van der Waals surface area contributed by atoms with Crippen molar-refractivity contribution in [1.29, 1.82) is 0 Å². The fraction of sp³-hybridized carbons (Fsp3) is 0.571. The van der Waals surface area contributed by atoms with Crippen LogP contribution in [-0.2, 0) is 6.42 Å². The predicted octanol–water partition coefficient (Wildman–Crippen LogP) is 2.73. The first-order valence-corrected chi connectivity index (χ1v) is 6.16. The molecule has 0 saturated carbocycles. The van der Waals surface area contributed by atoms with Crippen LogP contribution in [0, 0.1) is 6.92 Å². The molecule has 0 radical (unpaired) electrons. The minimum Gasteiger partial charge on any atom is -0.369 e. The second kappa shape index (κ2) is 5.90. The van der Waals surface area contributed by atoms with Crippen LogP contribution in [0.25, 0.3) is 0 Å². The molecule has 0 saturated heterocycles. The van der Waals surface area contributed by atoms with Gasteiger partial charge in [0, 0.05) is 18.3 Å². The van der Waals surface area contributed by atoms with Gasteiger partial charge in [0.1, 0.15) is 0 Å². The Morgan fingerprint density at radius 2 is 2.00 bits per heavy atom. The van der Waals surface area contributed by atoms with Gasteiger partial charge in [-0.1, -0.05) is 17.7 Å². The molecule has 1 rings (SSSR count). The molecule has 0 amide bonds. The fourth-order valence-corrected chi connectivity index (χ4v) is 2.16. The molecule has 90 valence electrons. The number of hydrogen-bond donors (Lipinski definition) is 1. The van der Waals surface area contributed by atoms with Gasteiger partial charge < -0.3 is 10.6 Å². The van der Waals surface area contributed by atoms with Crippen LogP contribution in [0.15, 0.2) is 18.2 Å². The lowest BCUT2D eigenvalue weighted by Crippen LogP contribution is -2.31. The van der Waals surface area contributed by atoms with Crippen LogP contribution in [0.3, 0.4) is 0 Å². The Bertz CT molecular complexity index is 332. The molecule has 0 aliphatic rings. The van der Waals surface area contributed by atoms with Gasteiger partial charge in [0.15, 0.2) is 0 Å². The average molecular weight is 220 g/mol. The maximum Gasteiger partial charge on any atom is 0.0401 e. The molecule has 1 aromatic carbocycles. The summed E-state index contributed by atoms with van der Waals surface area (Å²) in [6, 6.07) is 7.20. The van der Waals surface area contributed by atoms with Crippen molar-refractivity contribution in [2.75, 3.05) is 18.0 Å². The van der Waals surface area contributed by atoms with E-state index in [2.05, 4.69) is 50.8 Å². The quantitative estimate of drug-likeness (QED) is 0.826. The van der Waals surface area contributed by atoms with Gasteiger partial charge in [-0.05, 0) is 52.3 Å². The van der Waals surface area contributed by atoms with E-state index in [9.17, 15) is 0 Å². The molecule has 16 heavy (non-hydrogen) atoms. The van der Waals surface area contributed by atoms with Crippen LogP contribution >= 0.6 is 0 Å². The number of anilines is 1. The number of nitrogens with two attached hydrogens (primary N) is 1. The first-order chi connectivity index (χ1) is 7.60. The molecular formula is C14H24N2. The summed E-state index contributed by atoms with van der Waals surface area (Å²) < 4.78 is 0. The highest BCUT2D eigenvalue weighted by molar-refractivity contribution is 5.55. The monoisotopic (exact) mass is 220 g/mol. The summed E-state index contributed by atoms with van der Waals surface area (Å²) in [6.07, 6.45) is 0.959. The van der Waals surface area contributed by atoms with Crippen molar-refractivity contribution in [3.8, 4) is 0 Å². The Labute approximate surface area is 99.5 Å². The molecule has 0 spiro atoms. The van der Waals surface area contributed by atoms with Crippen LogP contribution < -0.4 is 10.6 Å². The smallest absolute Gasteiger partial charge is 0.0401 e. The predicted molar refractivity (Wildman–Crippen MR) is 72.1 cm³/mol. The van der Waals surface area contributed by atoms with Gasteiger partial charge in [-0.3, -0.25) is 0 Å². The summed E-state index contributed by atoms with van der Waals surface area (Å²) in [5.41, 5.74) is 9.71. The number of hydrogen-bond acceptors (Lipinski definition) is 2. The third-order valence-corrected chi connectivity index (χ3v) is 2.92. The third kappa shape index (κ3) is 2.99. The van der Waals surface area contributed by atoms with Crippen molar-refractivity contribution in [3.05, 3.63) is 29.3 Å². The second-order valence-corrected chi connectivity index (χ2v) is 4.55. The lowest BCUT2D eigenvalue weighted by molar-refractivity contribution is 0.698. The SMILES string of the molecule is CCN(c1ccc(C)cc1CCN)C(C)C. The van der Waals surface area contributed by atoms with Gasteiger partial charge in [0.05, 0.1) is 0 Å². The van der Waals surface area contributed by atoms with Crippen LogP contribution in [0.4, 0.5) is 5.69 Å². The highest BCUT2D eigenvalue weighted by Crippen LogP contribution is 2.24. The summed E-state index contributed by atoms with van der Waals surface area (Å²) in [5.74, 6) is 0. The van der Waals surface area contributed by atoms with Crippen molar-refractivity contribution >= 4 is 5.69 Å². The standard InChI is InChI=1S/C14H24N2/c1-5-16(11(2)3)14-7-6-12(4)10-13(14)8-9-15/h6-7,10-11H,5,8-9,15H2,1-4H3. The summed E-state index contributed by atoms with van der Waals surface area (Å²) >= 11 is 0. The zero-order chi connectivity index (χ0) is 12.1. The topological polar surface area (TPSA) is 29.3 Å². The summed E-state index contributed by atoms with van der Waals surface area (Å²) in [4.78, 5) is 2.42. The Balaban J connectivity index is 3.09. The van der Waals surface area contributed by atoms with Crippen molar-refractivity contribution in [2.24, 2.45) is 5.73 Å². The molecule has 0 bridgehead atoms. The molecule has 0 fully saturated rings. The minimum absolute atomic E-state index is 0.532. The molecule has 1 aromatic rings. The zero-order valence-corrected chi connectivity index (χ0v) is 11.0. The van der Waals surface area contributed by atoms with E-state index in [1.165, 1.54) is 16.8 Å². The van der Waals surface area contributed by atoms with Crippen molar-refractivity contribution in [3.63, 3.8) is 0 Å². The van der Waals surface area contributed by atoms with Crippen LogP contribution in [0.1, 0.15) is 31.9 Å². The number of rotatable bonds is 5. The zero-order valence-electron chi connectivity index (χ0n) is 11.0. The normalized spacial score (nSPS) is 10.9. The Hall–Kier alpha value is -1.02. The van der Waals surface area contributed by atoms with Crippen molar-refractivity contribution in [2.45, 2.75) is 40.2 Å². The van der Waals surface area contributed by atoms with E-state index < -0.39 is 0 Å². The van der Waals surface area contributed by atoms with E-state index in [4.69, 9.17) is 5.73 Å². The van der Waals surface area contributed by atoms with Gasteiger partial charge in [0.2, 0.25) is 0 Å². The Kier molecular flexibility index (Phi) is 4.81. The lowest BCUT2D eigenvalue weighted by atomic mass is 10.0. The van der Waals surface area contributed by atoms with Gasteiger partial charge >= 0.3 is 0 Å². The molecule has 2 nitrogen and oxygen atoms in total. The molecule has 0 heterocycles. The van der Waals surface area contributed by atoms with Crippen molar-refractivity contribution in [1.82, 2.24) is 0 Å². The number of nitrogens with zero attached hydrogens (tertiary/aromatic N) is 1. The highest BCUT2D eigenvalue weighted by Gasteiger charge is 2.12. The summed E-state index contributed by atoms with van der Waals surface area (Å²) in [5, 5.41) is 0. The largest absolute Gasteiger partial charge is 0.369 e. The molecular weight excluding hydrogens is 196 g/mol. The molecule has 0 unspecified atom stereocenters. The van der Waals surface area contributed by atoms with Crippen LogP contribution in [0.5, 0.6) is 0 Å². The molecule has 2 N–H and O–H groups in total. The maximum atomic E-state index is 5.68. The molecule has 2 heteroatoms. The van der Waals surface area contributed by atoms with Gasteiger partial charge in [0.25, 0.3) is 0 Å². The summed E-state index contributed by atoms with van der Waals surface area (Å²) in [7, 11) is 0. The first kappa shape index (κ1) is 13.0. The van der Waals surface area contributed by atoms with Gasteiger partial charge in [-0.15, -0.1) is 0 Å². The van der Waals surface area contributed by atoms with E-state index in [0.717, 1.165) is 13.0 Å². The minimum atomic E-state index is 0.532. The second-order valence-electron chi connectivity index (χ2n) is 4.55. The van der Waals surface area contributed by atoms with Crippen LogP contribution in [0.2, 0.25) is 0 Å². The molecule has 0 aliphatic heterocycles. The molecule has 0 aromatic heterocycles. The Morgan fingerprint density at radius 3 is 2.50 bits per heavy atom. The number of aryl methyl sites for hydroxylation is 1. The van der Waals surface area contributed by atoms with E-state index in [1.54, 1.807) is 0 Å². The third-order valence-electron chi connectivity index (χ3n) is 2.92. The van der Waals surface area contributed by atoms with Crippen molar-refractivity contribution < 1.29 is 0 Å².